The number of hydrogen-bond acceptors (Lipinski definition) is 4. The van der Waals surface area contributed by atoms with E-state index in [4.69, 9.17) is 14.6 Å². The molecule has 0 unspecified atom stereocenters. The van der Waals surface area contributed by atoms with Crippen LogP contribution in [0.4, 0.5) is 0 Å². The molecule has 0 saturated heterocycles. The van der Waals surface area contributed by atoms with Gasteiger partial charge in [-0.25, -0.2) is 9.48 Å². The van der Waals surface area contributed by atoms with Crippen LogP contribution in [0.25, 0.3) is 18.3 Å². The zero-order chi connectivity index (χ0) is 21.1. The number of carboxylic acid groups (broad SMARTS) is 1. The van der Waals surface area contributed by atoms with Crippen LogP contribution < -0.4 is 25.6 Å². The van der Waals surface area contributed by atoms with Gasteiger partial charge in [-0.15, -0.1) is 0 Å². The van der Waals surface area contributed by atoms with Crippen molar-refractivity contribution in [1.82, 2.24) is 9.78 Å². The number of H-pyrrole nitrogens is 1. The van der Waals surface area contributed by atoms with Crippen LogP contribution in [0.2, 0.25) is 0 Å². The highest BCUT2D eigenvalue weighted by Gasteiger charge is 2.12. The van der Waals surface area contributed by atoms with E-state index in [-0.39, 0.29) is 11.1 Å². The molecule has 8 heteroatoms. The Labute approximate surface area is 174 Å². The molecule has 1 heterocycles. The van der Waals surface area contributed by atoms with Crippen LogP contribution in [-0.2, 0) is 0 Å². The van der Waals surface area contributed by atoms with Crippen LogP contribution in [0.1, 0.15) is 22.8 Å². The molecule has 0 aliphatic rings. The number of methoxy groups -OCH3 is 1. The molecule has 0 aliphatic carbocycles. The molecule has 0 spiro atoms. The van der Waals surface area contributed by atoms with Gasteiger partial charge >= 0.3 is 5.97 Å². The second kappa shape index (κ2) is 8.40. The largest absolute Gasteiger partial charge is 0.493 e. The fourth-order valence-corrected chi connectivity index (χ4v) is 3.43. The minimum Gasteiger partial charge on any atom is -0.493 e. The molecule has 0 fully saturated rings. The van der Waals surface area contributed by atoms with Crippen LogP contribution in [0.5, 0.6) is 11.5 Å². The number of carboxylic acids is 1. The van der Waals surface area contributed by atoms with Crippen LogP contribution in [0, 0.1) is 0 Å². The van der Waals surface area contributed by atoms with E-state index < -0.39 is 5.97 Å². The summed E-state index contributed by atoms with van der Waals surface area (Å²) in [5.41, 5.74) is 1.07. The number of nitrogens with one attached hydrogen (secondary N) is 1. The Morgan fingerprint density at radius 3 is 2.59 bits per heavy atom. The maximum atomic E-state index is 12.9. The van der Waals surface area contributed by atoms with Crippen molar-refractivity contribution in [2.45, 2.75) is 6.92 Å². The first-order valence-electron chi connectivity index (χ1n) is 8.71. The van der Waals surface area contributed by atoms with Crippen molar-refractivity contribution in [2.75, 3.05) is 13.7 Å². The molecule has 150 valence electrons. The fourth-order valence-electron chi connectivity index (χ4n) is 2.85. The highest BCUT2D eigenvalue weighted by Crippen LogP contribution is 2.36. The van der Waals surface area contributed by atoms with E-state index >= 15 is 0 Å². The van der Waals surface area contributed by atoms with E-state index in [1.54, 1.807) is 31.4 Å². The number of rotatable bonds is 6. The molecule has 0 bridgehead atoms. The maximum absolute atomic E-state index is 12.9. The summed E-state index contributed by atoms with van der Waals surface area (Å²) in [6.07, 6.45) is 1.70. The van der Waals surface area contributed by atoms with E-state index in [0.717, 1.165) is 5.56 Å². The zero-order valence-corrected chi connectivity index (χ0v) is 17.4. The molecule has 0 radical (unpaired) electrons. The minimum absolute atomic E-state index is 0.140. The molecule has 3 aromatic rings. The Morgan fingerprint density at radius 2 is 2.00 bits per heavy atom. The van der Waals surface area contributed by atoms with Crippen molar-refractivity contribution < 1.29 is 19.4 Å². The van der Waals surface area contributed by atoms with E-state index in [9.17, 15) is 9.59 Å². The summed E-state index contributed by atoms with van der Waals surface area (Å²) in [7, 11) is 1.55. The third-order valence-corrected chi connectivity index (χ3v) is 4.82. The van der Waals surface area contributed by atoms with Gasteiger partial charge in [-0.1, -0.05) is 6.58 Å². The Balaban J connectivity index is 2.10. The summed E-state index contributed by atoms with van der Waals surface area (Å²) in [5, 5.41) is 12.7. The SMILES string of the molecule is C=c1[nH]n(-c2ccc(C(=O)O)cc2)c(=O)/c1=C\c1cc(Br)c(OCC)c(OC)c1. The van der Waals surface area contributed by atoms with Crippen molar-refractivity contribution in [2.24, 2.45) is 0 Å². The smallest absolute Gasteiger partial charge is 0.335 e. The Morgan fingerprint density at radius 1 is 1.31 bits per heavy atom. The van der Waals surface area contributed by atoms with Crippen LogP contribution >= 0.6 is 15.9 Å². The van der Waals surface area contributed by atoms with Gasteiger partial charge in [0.1, 0.15) is 0 Å². The highest BCUT2D eigenvalue weighted by molar-refractivity contribution is 9.10. The normalized spacial score (nSPS) is 11.5. The number of carbonyl (C=O) groups is 1. The van der Waals surface area contributed by atoms with Gasteiger partial charge in [-0.05, 0) is 70.9 Å². The monoisotopic (exact) mass is 458 g/mol. The van der Waals surface area contributed by atoms with E-state index in [2.05, 4.69) is 27.6 Å². The van der Waals surface area contributed by atoms with Crippen molar-refractivity contribution in [3.63, 3.8) is 0 Å². The first-order valence-corrected chi connectivity index (χ1v) is 9.50. The maximum Gasteiger partial charge on any atom is 0.335 e. The predicted octanol–water partition coefficient (Wildman–Crippen LogP) is 2.27. The molecular formula is C21H19BrN2O5. The molecule has 2 N–H and O–H groups in total. The van der Waals surface area contributed by atoms with Gasteiger partial charge in [0.15, 0.2) is 11.5 Å². The first kappa shape index (κ1) is 20.5. The number of aromatic amines is 1. The molecule has 2 aromatic carbocycles. The van der Waals surface area contributed by atoms with E-state index in [1.165, 1.54) is 16.8 Å². The molecular weight excluding hydrogens is 440 g/mol. The number of halogens is 1. The van der Waals surface area contributed by atoms with Crippen molar-refractivity contribution in [1.29, 1.82) is 0 Å². The lowest BCUT2D eigenvalue weighted by molar-refractivity contribution is 0.0697. The van der Waals surface area contributed by atoms with E-state index in [1.807, 2.05) is 13.0 Å². The van der Waals surface area contributed by atoms with E-state index in [0.29, 0.717) is 38.8 Å². The average Bonchev–Trinajstić information content (AvgIpc) is 2.98. The third-order valence-electron chi connectivity index (χ3n) is 4.23. The lowest BCUT2D eigenvalue weighted by atomic mass is 10.1. The summed E-state index contributed by atoms with van der Waals surface area (Å²) in [5.74, 6) is 0.0995. The Bertz CT molecular complexity index is 1230. The second-order valence-corrected chi connectivity index (χ2v) is 6.96. The van der Waals surface area contributed by atoms with Gasteiger partial charge in [0.05, 0.1) is 40.0 Å². The van der Waals surface area contributed by atoms with Crippen LogP contribution in [-0.4, -0.2) is 34.6 Å². The minimum atomic E-state index is -1.03. The summed E-state index contributed by atoms with van der Waals surface area (Å²) in [6, 6.07) is 9.58. The third kappa shape index (κ3) is 4.12. The Kier molecular flexibility index (Phi) is 5.93. The van der Waals surface area contributed by atoms with Crippen molar-refractivity contribution in [3.8, 4) is 17.2 Å². The van der Waals surface area contributed by atoms with Crippen molar-refractivity contribution in [3.05, 3.63) is 72.9 Å². The van der Waals surface area contributed by atoms with Gasteiger partial charge < -0.3 is 14.6 Å². The first-order chi connectivity index (χ1) is 13.8. The average molecular weight is 459 g/mol. The Hall–Kier alpha value is -3.26. The second-order valence-electron chi connectivity index (χ2n) is 6.11. The number of ether oxygens (including phenoxy) is 2. The van der Waals surface area contributed by atoms with Crippen LogP contribution in [0.3, 0.4) is 0 Å². The highest BCUT2D eigenvalue weighted by atomic mass is 79.9. The lowest BCUT2D eigenvalue weighted by Crippen LogP contribution is -2.33. The topological polar surface area (TPSA) is 93.6 Å². The summed E-state index contributed by atoms with van der Waals surface area (Å²) < 4.78 is 13.0. The quantitative estimate of drug-likeness (QED) is 0.590. The number of benzene rings is 2. The van der Waals surface area contributed by atoms with Gasteiger partial charge in [0.25, 0.3) is 5.56 Å². The van der Waals surface area contributed by atoms with Gasteiger partial charge in [-0.2, -0.15) is 0 Å². The number of hydrogen-bond donors (Lipinski definition) is 2. The fraction of sp³-hybridized carbons (Fsp3) is 0.143. The molecule has 29 heavy (non-hydrogen) atoms. The number of aromatic carboxylic acids is 1. The molecule has 0 atom stereocenters. The number of aromatic nitrogens is 2. The predicted molar refractivity (Wildman–Crippen MR) is 114 cm³/mol. The molecule has 3 rings (SSSR count). The molecule has 7 nitrogen and oxygen atoms in total. The number of nitrogens with zero attached hydrogens (tertiary/aromatic N) is 1. The van der Waals surface area contributed by atoms with Crippen LogP contribution in [0.15, 0.2) is 45.7 Å². The summed E-state index contributed by atoms with van der Waals surface area (Å²) >= 11 is 3.47. The van der Waals surface area contributed by atoms with Gasteiger partial charge in [0.2, 0.25) is 0 Å². The molecule has 0 aliphatic heterocycles. The lowest BCUT2D eigenvalue weighted by Gasteiger charge is -2.12. The molecule has 0 saturated carbocycles. The molecule has 1 aromatic heterocycles. The van der Waals surface area contributed by atoms with Crippen molar-refractivity contribution >= 4 is 34.6 Å². The summed E-state index contributed by atoms with van der Waals surface area (Å²) in [6.45, 7) is 6.28. The van der Waals surface area contributed by atoms with Gasteiger partial charge in [-0.3, -0.25) is 9.89 Å². The standard InChI is InChI=1S/C21H19BrN2O5/c1-4-29-19-17(22)10-13(11-18(19)28-3)9-16-12(2)23-24(20(16)25)15-7-5-14(6-8-15)21(26)27/h5-11,23H,2,4H2,1,3H3,(H,26,27)/b16-9-. The zero-order valence-electron chi connectivity index (χ0n) is 15.9. The summed E-state index contributed by atoms with van der Waals surface area (Å²) in [4.78, 5) is 23.9. The van der Waals surface area contributed by atoms with Gasteiger partial charge in [0, 0.05) is 0 Å². The molecule has 0 amide bonds.